The Kier molecular flexibility index (Phi) is 8.60. The van der Waals surface area contributed by atoms with E-state index < -0.39 is 0 Å². The topological polar surface area (TPSA) is 62.5 Å². The smallest absolute Gasteiger partial charge is 0.213 e. The minimum atomic E-state index is -0.0649. The molecule has 0 radical (unpaired) electrons. The Balaban J connectivity index is 0.00000364. The van der Waals surface area contributed by atoms with Gasteiger partial charge >= 0.3 is 0 Å². The predicted octanol–water partition coefficient (Wildman–Crippen LogP) is 4.89. The highest BCUT2D eigenvalue weighted by molar-refractivity contribution is 14.0. The minimum absolute atomic E-state index is 0. The van der Waals surface area contributed by atoms with E-state index in [1.54, 1.807) is 13.2 Å². The van der Waals surface area contributed by atoms with Gasteiger partial charge in [-0.15, -0.1) is 24.0 Å². The average Bonchev–Trinajstić information content (AvgIpc) is 3.04. The highest BCUT2D eigenvalue weighted by Gasteiger charge is 2.21. The van der Waals surface area contributed by atoms with Crippen LogP contribution in [0, 0.1) is 0 Å². The minimum Gasteiger partial charge on any atom is -0.443 e. The number of rotatable bonds is 5. The number of aromatic nitrogens is 1. The molecule has 0 saturated heterocycles. The van der Waals surface area contributed by atoms with E-state index in [9.17, 15) is 0 Å². The molecule has 0 atom stereocenters. The third kappa shape index (κ3) is 6.99. The van der Waals surface area contributed by atoms with E-state index in [0.29, 0.717) is 18.4 Å². The van der Waals surface area contributed by atoms with Crippen LogP contribution in [0.3, 0.4) is 0 Å². The number of hydrogen-bond donors (Lipinski definition) is 2. The van der Waals surface area contributed by atoms with E-state index in [1.807, 2.05) is 12.1 Å². The van der Waals surface area contributed by atoms with Crippen LogP contribution in [0.2, 0.25) is 5.02 Å². The van der Waals surface area contributed by atoms with Crippen molar-refractivity contribution in [1.29, 1.82) is 0 Å². The number of nitrogens with one attached hydrogen (secondary N) is 2. The first-order valence-corrected chi connectivity index (χ1v) is 9.15. The molecule has 1 aromatic carbocycles. The highest BCUT2D eigenvalue weighted by atomic mass is 127. The van der Waals surface area contributed by atoms with Crippen LogP contribution in [0.25, 0.3) is 0 Å². The van der Waals surface area contributed by atoms with Crippen molar-refractivity contribution in [3.8, 4) is 0 Å². The van der Waals surface area contributed by atoms with Gasteiger partial charge in [0.1, 0.15) is 5.76 Å². The maximum Gasteiger partial charge on any atom is 0.213 e. The quantitative estimate of drug-likeness (QED) is 0.346. The first-order chi connectivity index (χ1) is 12.1. The van der Waals surface area contributed by atoms with Crippen LogP contribution in [0.5, 0.6) is 0 Å². The second kappa shape index (κ2) is 9.78. The van der Waals surface area contributed by atoms with Gasteiger partial charge in [-0.2, -0.15) is 0 Å². The highest BCUT2D eigenvalue weighted by Crippen LogP contribution is 2.24. The molecule has 1 heterocycles. The van der Waals surface area contributed by atoms with Gasteiger partial charge in [0.25, 0.3) is 0 Å². The fraction of sp³-hybridized carbons (Fsp3) is 0.500. The van der Waals surface area contributed by atoms with Crippen molar-refractivity contribution in [2.45, 2.75) is 52.0 Å². The maximum atomic E-state index is 5.98. The van der Waals surface area contributed by atoms with Crippen molar-refractivity contribution >= 4 is 41.5 Å². The first kappa shape index (κ1) is 23.8. The average molecular weight is 505 g/mol. The van der Waals surface area contributed by atoms with Gasteiger partial charge in [0.05, 0.1) is 12.7 Å². The monoisotopic (exact) mass is 504 g/mol. The van der Waals surface area contributed by atoms with Crippen molar-refractivity contribution in [3.63, 3.8) is 0 Å². The lowest BCUT2D eigenvalue weighted by Crippen LogP contribution is -2.43. The van der Waals surface area contributed by atoms with Gasteiger partial charge in [-0.05, 0) is 17.7 Å². The summed E-state index contributed by atoms with van der Waals surface area (Å²) in [5.74, 6) is 2.23. The molecular weight excluding hydrogens is 475 g/mol. The first-order valence-electron chi connectivity index (χ1n) is 8.77. The third-order valence-electron chi connectivity index (χ3n) is 4.25. The van der Waals surface area contributed by atoms with Crippen molar-refractivity contribution in [2.75, 3.05) is 13.6 Å². The molecule has 0 fully saturated rings. The summed E-state index contributed by atoms with van der Waals surface area (Å²) in [5, 5.41) is 7.36. The standard InChI is InChI=1S/C20H29ClN4O.HI/c1-19(2,3)16-11-23-17(26-16)12-24-18(22-6)25-13-20(4,5)14-7-9-15(21)10-8-14;/h7-11H,12-13H2,1-6H3,(H2,22,24,25);1H. The Morgan fingerprint density at radius 2 is 1.74 bits per heavy atom. The zero-order valence-electron chi connectivity index (χ0n) is 16.9. The molecule has 0 bridgehead atoms. The van der Waals surface area contributed by atoms with E-state index >= 15 is 0 Å². The number of guanidine groups is 1. The summed E-state index contributed by atoms with van der Waals surface area (Å²) in [6, 6.07) is 7.95. The molecule has 27 heavy (non-hydrogen) atoms. The van der Waals surface area contributed by atoms with Gasteiger partial charge < -0.3 is 15.1 Å². The number of hydrogen-bond acceptors (Lipinski definition) is 3. The second-order valence-corrected chi connectivity index (χ2v) is 8.47. The van der Waals surface area contributed by atoms with E-state index in [0.717, 1.165) is 17.3 Å². The summed E-state index contributed by atoms with van der Waals surface area (Å²) in [4.78, 5) is 8.60. The predicted molar refractivity (Wildman–Crippen MR) is 123 cm³/mol. The van der Waals surface area contributed by atoms with Crippen LogP contribution in [-0.4, -0.2) is 24.5 Å². The number of nitrogens with zero attached hydrogens (tertiary/aromatic N) is 2. The van der Waals surface area contributed by atoms with Crippen molar-refractivity contribution in [1.82, 2.24) is 15.6 Å². The molecule has 5 nitrogen and oxygen atoms in total. The molecule has 2 aromatic rings. The third-order valence-corrected chi connectivity index (χ3v) is 4.50. The van der Waals surface area contributed by atoms with E-state index in [2.05, 4.69) is 67.4 Å². The fourth-order valence-corrected chi connectivity index (χ4v) is 2.55. The van der Waals surface area contributed by atoms with Gasteiger partial charge in [0.2, 0.25) is 5.89 Å². The van der Waals surface area contributed by atoms with Crippen LogP contribution in [-0.2, 0) is 17.4 Å². The van der Waals surface area contributed by atoms with Crippen LogP contribution in [0.15, 0.2) is 39.9 Å². The number of halogens is 2. The van der Waals surface area contributed by atoms with Crippen molar-refractivity contribution < 1.29 is 4.42 Å². The van der Waals surface area contributed by atoms with Crippen LogP contribution >= 0.6 is 35.6 Å². The summed E-state index contributed by atoms with van der Waals surface area (Å²) in [7, 11) is 1.75. The maximum absolute atomic E-state index is 5.98. The number of oxazole rings is 1. The molecule has 1 aromatic heterocycles. The molecule has 2 N–H and O–H groups in total. The Labute approximate surface area is 184 Å². The van der Waals surface area contributed by atoms with Crippen molar-refractivity contribution in [3.05, 3.63) is 52.7 Å². The largest absolute Gasteiger partial charge is 0.443 e. The van der Waals surface area contributed by atoms with E-state index in [4.69, 9.17) is 16.0 Å². The number of aliphatic imine (C=N–C) groups is 1. The Bertz CT molecular complexity index is 748. The lowest BCUT2D eigenvalue weighted by atomic mass is 9.85. The lowest BCUT2D eigenvalue weighted by Gasteiger charge is -2.26. The molecule has 0 saturated carbocycles. The molecular formula is C20H30ClIN4O. The molecule has 2 rings (SSSR count). The zero-order chi connectivity index (χ0) is 19.4. The summed E-state index contributed by atoms with van der Waals surface area (Å²) < 4.78 is 5.80. The molecule has 0 aliphatic rings. The molecule has 0 spiro atoms. The molecule has 150 valence electrons. The van der Waals surface area contributed by atoms with Crippen LogP contribution in [0.1, 0.15) is 51.8 Å². The van der Waals surface area contributed by atoms with E-state index in [1.165, 1.54) is 5.56 Å². The molecule has 0 unspecified atom stereocenters. The molecule has 0 amide bonds. The van der Waals surface area contributed by atoms with Gasteiger partial charge in [-0.25, -0.2) is 4.98 Å². The normalized spacial score (nSPS) is 12.5. The fourth-order valence-electron chi connectivity index (χ4n) is 2.43. The summed E-state index contributed by atoms with van der Waals surface area (Å²) >= 11 is 5.98. The van der Waals surface area contributed by atoms with Crippen LogP contribution < -0.4 is 10.6 Å². The molecule has 0 aliphatic carbocycles. The van der Waals surface area contributed by atoms with Gasteiger partial charge in [0.15, 0.2) is 5.96 Å². The summed E-state index contributed by atoms with van der Waals surface area (Å²) in [6.07, 6.45) is 1.79. The zero-order valence-corrected chi connectivity index (χ0v) is 20.0. The summed E-state index contributed by atoms with van der Waals surface area (Å²) in [6.45, 7) is 11.9. The lowest BCUT2D eigenvalue weighted by molar-refractivity contribution is 0.379. The second-order valence-electron chi connectivity index (χ2n) is 8.04. The summed E-state index contributed by atoms with van der Waals surface area (Å²) in [5.41, 5.74) is 1.10. The van der Waals surface area contributed by atoms with Gasteiger partial charge in [-0.3, -0.25) is 4.99 Å². The van der Waals surface area contributed by atoms with Gasteiger partial charge in [0, 0.05) is 29.4 Å². The Morgan fingerprint density at radius 3 is 2.26 bits per heavy atom. The number of benzene rings is 1. The van der Waals surface area contributed by atoms with E-state index in [-0.39, 0.29) is 34.8 Å². The van der Waals surface area contributed by atoms with Gasteiger partial charge in [-0.1, -0.05) is 58.4 Å². The van der Waals surface area contributed by atoms with Crippen molar-refractivity contribution in [2.24, 2.45) is 4.99 Å². The molecule has 0 aliphatic heterocycles. The SMILES string of the molecule is CN=C(NCc1ncc(C(C)(C)C)o1)NCC(C)(C)c1ccc(Cl)cc1.I. The Hall–Kier alpha value is -1.28. The van der Waals surface area contributed by atoms with Crippen LogP contribution in [0.4, 0.5) is 0 Å². The Morgan fingerprint density at radius 1 is 1.11 bits per heavy atom. The molecule has 7 heteroatoms.